The molecule has 3 aromatic rings. The number of benzene rings is 2. The Balaban J connectivity index is 0.00000300. The van der Waals surface area contributed by atoms with Crippen LogP contribution in [0.3, 0.4) is 0 Å². The molecule has 3 rings (SSSR count). The monoisotopic (exact) mass is 526 g/mol. The van der Waals surface area contributed by atoms with E-state index in [1.165, 1.54) is 0 Å². The van der Waals surface area contributed by atoms with Crippen molar-refractivity contribution in [2.24, 2.45) is 4.99 Å². The van der Waals surface area contributed by atoms with Crippen molar-refractivity contribution < 1.29 is 4.74 Å². The summed E-state index contributed by atoms with van der Waals surface area (Å²) in [6, 6.07) is 17.3. The van der Waals surface area contributed by atoms with Crippen molar-refractivity contribution in [1.82, 2.24) is 25.0 Å². The molecule has 0 fully saturated rings. The van der Waals surface area contributed by atoms with Crippen LogP contribution < -0.4 is 10.1 Å². The highest BCUT2D eigenvalue weighted by molar-refractivity contribution is 14.0. The van der Waals surface area contributed by atoms with E-state index in [0.29, 0.717) is 24.7 Å². The molecule has 0 atom stereocenters. The maximum atomic E-state index is 5.88. The highest BCUT2D eigenvalue weighted by Crippen LogP contribution is 2.15. The minimum absolute atomic E-state index is 0. The van der Waals surface area contributed by atoms with Gasteiger partial charge in [0.1, 0.15) is 18.7 Å². The SMILES string of the molecule is CN=C(NCc1nncn1-c1ccccc1)N(C)CCOc1ccc(Cl)cc1.I. The summed E-state index contributed by atoms with van der Waals surface area (Å²) in [6.45, 7) is 1.71. The van der Waals surface area contributed by atoms with E-state index in [1.54, 1.807) is 13.4 Å². The molecule has 7 nitrogen and oxygen atoms in total. The van der Waals surface area contributed by atoms with Crippen molar-refractivity contribution >= 4 is 41.5 Å². The molecule has 154 valence electrons. The van der Waals surface area contributed by atoms with Gasteiger partial charge in [-0.05, 0) is 36.4 Å². The average molecular weight is 527 g/mol. The lowest BCUT2D eigenvalue weighted by Gasteiger charge is -2.22. The fourth-order valence-electron chi connectivity index (χ4n) is 2.66. The lowest BCUT2D eigenvalue weighted by molar-refractivity contribution is 0.281. The van der Waals surface area contributed by atoms with Gasteiger partial charge in [-0.3, -0.25) is 9.56 Å². The number of hydrogen-bond acceptors (Lipinski definition) is 4. The molecule has 0 aliphatic rings. The molecule has 0 unspecified atom stereocenters. The Labute approximate surface area is 192 Å². The van der Waals surface area contributed by atoms with Crippen LogP contribution in [-0.2, 0) is 6.54 Å². The van der Waals surface area contributed by atoms with E-state index in [0.717, 1.165) is 23.2 Å². The number of aromatic nitrogens is 3. The van der Waals surface area contributed by atoms with Gasteiger partial charge in [0.15, 0.2) is 11.8 Å². The van der Waals surface area contributed by atoms with Crippen LogP contribution in [0, 0.1) is 0 Å². The van der Waals surface area contributed by atoms with E-state index in [-0.39, 0.29) is 24.0 Å². The van der Waals surface area contributed by atoms with Crippen LogP contribution in [0.15, 0.2) is 65.9 Å². The third-order valence-corrected chi connectivity index (χ3v) is 4.39. The number of rotatable bonds is 7. The number of para-hydroxylation sites is 1. The van der Waals surface area contributed by atoms with Crippen molar-refractivity contribution in [3.8, 4) is 11.4 Å². The van der Waals surface area contributed by atoms with Gasteiger partial charge in [-0.15, -0.1) is 34.2 Å². The first-order valence-corrected chi connectivity index (χ1v) is 9.29. The second-order valence-corrected chi connectivity index (χ2v) is 6.51. The molecule has 1 N–H and O–H groups in total. The first kappa shape index (κ1) is 23.0. The summed E-state index contributed by atoms with van der Waals surface area (Å²) in [5, 5.41) is 12.2. The van der Waals surface area contributed by atoms with Crippen molar-refractivity contribution in [3.05, 3.63) is 71.8 Å². The molecule has 1 aromatic heterocycles. The van der Waals surface area contributed by atoms with Gasteiger partial charge >= 0.3 is 0 Å². The molecule has 0 radical (unpaired) electrons. The molecule has 1 heterocycles. The Hall–Kier alpha value is -2.33. The standard InChI is InChI=1S/C20H23ClN6O.HI/c1-22-20(26(2)12-13-28-18-10-8-16(21)9-11-18)23-14-19-25-24-15-27(19)17-6-4-3-5-7-17;/h3-11,15H,12-14H2,1-2H3,(H,22,23);1H. The van der Waals surface area contributed by atoms with Crippen molar-refractivity contribution in [1.29, 1.82) is 0 Å². The molecule has 0 saturated heterocycles. The molecule has 0 saturated carbocycles. The second-order valence-electron chi connectivity index (χ2n) is 6.08. The molecule has 9 heteroatoms. The van der Waals surface area contributed by atoms with Gasteiger partial charge in [-0.1, -0.05) is 29.8 Å². The average Bonchev–Trinajstić information content (AvgIpc) is 3.19. The third kappa shape index (κ3) is 6.60. The number of halogens is 2. The summed E-state index contributed by atoms with van der Waals surface area (Å²) in [5.74, 6) is 2.34. The van der Waals surface area contributed by atoms with Crippen LogP contribution in [0.25, 0.3) is 5.69 Å². The quantitative estimate of drug-likeness (QED) is 0.289. The summed E-state index contributed by atoms with van der Waals surface area (Å²) in [4.78, 5) is 6.33. The number of hydrogen-bond donors (Lipinski definition) is 1. The van der Waals surface area contributed by atoms with Gasteiger partial charge in [0, 0.05) is 24.8 Å². The highest BCUT2D eigenvalue weighted by Gasteiger charge is 2.10. The Morgan fingerprint density at radius 3 is 2.59 bits per heavy atom. The summed E-state index contributed by atoms with van der Waals surface area (Å²) in [7, 11) is 3.71. The maximum absolute atomic E-state index is 5.88. The van der Waals surface area contributed by atoms with Crippen molar-refractivity contribution in [3.63, 3.8) is 0 Å². The zero-order valence-corrected chi connectivity index (χ0v) is 19.4. The van der Waals surface area contributed by atoms with Crippen LogP contribution in [-0.4, -0.2) is 52.9 Å². The molecule has 0 spiro atoms. The molecule has 0 aliphatic heterocycles. The summed E-state index contributed by atoms with van der Waals surface area (Å²) in [6.07, 6.45) is 1.71. The smallest absolute Gasteiger partial charge is 0.193 e. The molecule has 2 aromatic carbocycles. The van der Waals surface area contributed by atoms with Crippen LogP contribution >= 0.6 is 35.6 Å². The number of nitrogens with one attached hydrogen (secondary N) is 1. The predicted octanol–water partition coefficient (Wildman–Crippen LogP) is 3.62. The van der Waals surface area contributed by atoms with Gasteiger partial charge in [0.05, 0.1) is 13.1 Å². The number of likely N-dealkylation sites (N-methyl/N-ethyl adjacent to an activating group) is 1. The van der Waals surface area contributed by atoms with Gasteiger partial charge in [0.2, 0.25) is 0 Å². The van der Waals surface area contributed by atoms with Crippen LogP contribution in [0.2, 0.25) is 5.02 Å². The first-order valence-electron chi connectivity index (χ1n) is 8.92. The van der Waals surface area contributed by atoms with Crippen LogP contribution in [0.5, 0.6) is 5.75 Å². The first-order chi connectivity index (χ1) is 13.7. The number of guanidine groups is 1. The molecular weight excluding hydrogens is 503 g/mol. The van der Waals surface area contributed by atoms with Crippen molar-refractivity contribution in [2.75, 3.05) is 27.2 Å². The fraction of sp³-hybridized carbons (Fsp3) is 0.250. The number of nitrogens with zero attached hydrogens (tertiary/aromatic N) is 5. The summed E-state index contributed by atoms with van der Waals surface area (Å²) >= 11 is 5.88. The molecule has 0 aliphatic carbocycles. The highest BCUT2D eigenvalue weighted by atomic mass is 127. The minimum Gasteiger partial charge on any atom is -0.492 e. The maximum Gasteiger partial charge on any atom is 0.193 e. The van der Waals surface area contributed by atoms with E-state index in [1.807, 2.05) is 71.1 Å². The fourth-order valence-corrected chi connectivity index (χ4v) is 2.79. The molecule has 0 amide bonds. The van der Waals surface area contributed by atoms with E-state index >= 15 is 0 Å². The van der Waals surface area contributed by atoms with Gasteiger partial charge < -0.3 is 15.0 Å². The zero-order chi connectivity index (χ0) is 19.8. The van der Waals surface area contributed by atoms with E-state index in [2.05, 4.69) is 20.5 Å². The Morgan fingerprint density at radius 2 is 1.90 bits per heavy atom. The van der Waals surface area contributed by atoms with Gasteiger partial charge in [0.25, 0.3) is 0 Å². The largest absolute Gasteiger partial charge is 0.492 e. The minimum atomic E-state index is 0. The molecule has 29 heavy (non-hydrogen) atoms. The third-order valence-electron chi connectivity index (χ3n) is 4.14. The Morgan fingerprint density at radius 1 is 1.17 bits per heavy atom. The van der Waals surface area contributed by atoms with Gasteiger partial charge in [-0.25, -0.2) is 0 Å². The lowest BCUT2D eigenvalue weighted by atomic mass is 10.3. The van der Waals surface area contributed by atoms with Gasteiger partial charge in [-0.2, -0.15) is 0 Å². The normalized spacial score (nSPS) is 10.9. The van der Waals surface area contributed by atoms with Crippen molar-refractivity contribution in [2.45, 2.75) is 6.54 Å². The zero-order valence-electron chi connectivity index (χ0n) is 16.3. The molecule has 0 bridgehead atoms. The molecular formula is C20H24ClIN6O. The number of ether oxygens (including phenoxy) is 1. The van der Waals surface area contributed by atoms with Crippen LogP contribution in [0.4, 0.5) is 0 Å². The number of aliphatic imine (C=N–C) groups is 1. The Bertz CT molecular complexity index is 901. The van der Waals surface area contributed by atoms with E-state index in [9.17, 15) is 0 Å². The summed E-state index contributed by atoms with van der Waals surface area (Å²) in [5.41, 5.74) is 1.02. The summed E-state index contributed by atoms with van der Waals surface area (Å²) < 4.78 is 7.69. The lowest BCUT2D eigenvalue weighted by Crippen LogP contribution is -2.40. The Kier molecular flexibility index (Phi) is 9.20. The second kappa shape index (κ2) is 11.6. The predicted molar refractivity (Wildman–Crippen MR) is 127 cm³/mol. The van der Waals surface area contributed by atoms with E-state index in [4.69, 9.17) is 16.3 Å². The topological polar surface area (TPSA) is 67.6 Å². The van der Waals surface area contributed by atoms with Crippen LogP contribution in [0.1, 0.15) is 5.82 Å². The van der Waals surface area contributed by atoms with E-state index < -0.39 is 0 Å².